The van der Waals surface area contributed by atoms with Gasteiger partial charge in [0, 0.05) is 6.54 Å². The van der Waals surface area contributed by atoms with Crippen molar-refractivity contribution in [1.82, 2.24) is 14.5 Å². The Balaban J connectivity index is 1.90. The van der Waals surface area contributed by atoms with Crippen molar-refractivity contribution in [3.63, 3.8) is 0 Å². The first-order valence-electron chi connectivity index (χ1n) is 7.53. The van der Waals surface area contributed by atoms with Gasteiger partial charge in [-0.05, 0) is 18.4 Å². The van der Waals surface area contributed by atoms with E-state index in [4.69, 9.17) is 5.73 Å². The molecule has 1 fully saturated rings. The van der Waals surface area contributed by atoms with Crippen LogP contribution in [0.3, 0.4) is 0 Å². The van der Waals surface area contributed by atoms with Gasteiger partial charge in [0.2, 0.25) is 0 Å². The van der Waals surface area contributed by atoms with Crippen LogP contribution in [-0.2, 0) is 6.54 Å². The second-order valence-corrected chi connectivity index (χ2v) is 5.84. The highest BCUT2D eigenvalue weighted by atomic mass is 16.2. The molecule has 0 spiro atoms. The Bertz CT molecular complexity index is 756. The maximum absolute atomic E-state index is 12.4. The fourth-order valence-corrected chi connectivity index (χ4v) is 3.14. The molecule has 2 aromatic rings. The number of nitrogen functional groups attached to an aromatic ring is 1. The molecule has 3 N–H and O–H groups in total. The van der Waals surface area contributed by atoms with E-state index in [2.05, 4.69) is 9.97 Å². The topological polar surface area (TPSA) is 93.8 Å². The number of pyridine rings is 1. The van der Waals surface area contributed by atoms with Crippen molar-refractivity contribution in [3.05, 3.63) is 33.1 Å². The minimum atomic E-state index is -0.388. The normalized spacial score (nSPS) is 16.4. The van der Waals surface area contributed by atoms with Crippen LogP contribution in [0.4, 0.5) is 5.69 Å². The van der Waals surface area contributed by atoms with Crippen LogP contribution >= 0.6 is 0 Å². The van der Waals surface area contributed by atoms with Gasteiger partial charge in [-0.3, -0.25) is 14.3 Å². The highest BCUT2D eigenvalue weighted by molar-refractivity contribution is 5.76. The lowest BCUT2D eigenvalue weighted by Gasteiger charge is -2.21. The number of nitrogens with zero attached hydrogens (tertiary/aromatic N) is 2. The van der Waals surface area contributed by atoms with Crippen molar-refractivity contribution in [2.75, 3.05) is 5.73 Å². The number of rotatable bonds is 3. The summed E-state index contributed by atoms with van der Waals surface area (Å²) in [5.41, 5.74) is 5.70. The van der Waals surface area contributed by atoms with Gasteiger partial charge in [-0.25, -0.2) is 9.78 Å². The van der Waals surface area contributed by atoms with Crippen molar-refractivity contribution in [1.29, 1.82) is 0 Å². The molecular weight excluding hydrogens is 268 g/mol. The van der Waals surface area contributed by atoms with Gasteiger partial charge in [0.1, 0.15) is 5.65 Å². The Morgan fingerprint density at radius 3 is 2.81 bits per heavy atom. The van der Waals surface area contributed by atoms with E-state index in [9.17, 15) is 9.59 Å². The summed E-state index contributed by atoms with van der Waals surface area (Å²) in [5, 5.41) is 0.373. The molecular formula is C15H20N4O2. The zero-order chi connectivity index (χ0) is 14.8. The van der Waals surface area contributed by atoms with E-state index < -0.39 is 0 Å². The maximum Gasteiger partial charge on any atom is 0.329 e. The van der Waals surface area contributed by atoms with Crippen LogP contribution in [0.5, 0.6) is 0 Å². The van der Waals surface area contributed by atoms with E-state index in [1.807, 2.05) is 0 Å². The summed E-state index contributed by atoms with van der Waals surface area (Å²) >= 11 is 0. The minimum Gasteiger partial charge on any atom is -0.397 e. The van der Waals surface area contributed by atoms with Crippen LogP contribution in [0.25, 0.3) is 11.0 Å². The lowest BCUT2D eigenvalue weighted by Crippen LogP contribution is -2.36. The van der Waals surface area contributed by atoms with E-state index >= 15 is 0 Å². The number of nitrogens with one attached hydrogen (secondary N) is 1. The molecule has 6 nitrogen and oxygen atoms in total. The molecule has 0 amide bonds. The molecule has 0 unspecified atom stereocenters. The number of nitrogens with two attached hydrogens (primary N) is 1. The number of aromatic nitrogens is 3. The minimum absolute atomic E-state index is 0.299. The van der Waals surface area contributed by atoms with Gasteiger partial charge in [0.05, 0.1) is 17.3 Å². The molecule has 21 heavy (non-hydrogen) atoms. The SMILES string of the molecule is Nc1cnc2[nH]c(=O)n(CCC3CCCCC3)c(=O)c2c1. The molecule has 1 aliphatic carbocycles. The third-order valence-electron chi connectivity index (χ3n) is 4.34. The average molecular weight is 288 g/mol. The molecule has 0 radical (unpaired) electrons. The Labute approximate surface area is 122 Å². The third-order valence-corrected chi connectivity index (χ3v) is 4.34. The lowest BCUT2D eigenvalue weighted by atomic mass is 9.87. The van der Waals surface area contributed by atoms with E-state index in [-0.39, 0.29) is 11.2 Å². The van der Waals surface area contributed by atoms with Crippen LogP contribution in [-0.4, -0.2) is 14.5 Å². The summed E-state index contributed by atoms with van der Waals surface area (Å²) in [6.07, 6.45) is 8.54. The third kappa shape index (κ3) is 2.84. The molecule has 0 atom stereocenters. The Morgan fingerprint density at radius 2 is 2.05 bits per heavy atom. The first kappa shape index (κ1) is 13.9. The number of hydrogen-bond acceptors (Lipinski definition) is 4. The van der Waals surface area contributed by atoms with E-state index in [0.717, 1.165) is 6.42 Å². The van der Waals surface area contributed by atoms with Gasteiger partial charge >= 0.3 is 5.69 Å². The van der Waals surface area contributed by atoms with Gasteiger partial charge in [-0.2, -0.15) is 0 Å². The summed E-state index contributed by atoms with van der Waals surface area (Å²) < 4.78 is 1.28. The van der Waals surface area contributed by atoms with Crippen LogP contribution < -0.4 is 17.0 Å². The molecule has 0 saturated heterocycles. The molecule has 2 aromatic heterocycles. The maximum atomic E-state index is 12.4. The monoisotopic (exact) mass is 288 g/mol. The number of aromatic amines is 1. The summed E-state index contributed by atoms with van der Waals surface area (Å²) in [4.78, 5) is 31.1. The molecule has 3 rings (SSSR count). The number of H-pyrrole nitrogens is 1. The summed E-state index contributed by atoms with van der Waals surface area (Å²) in [7, 11) is 0. The van der Waals surface area contributed by atoms with E-state index in [0.29, 0.717) is 29.2 Å². The number of anilines is 1. The molecule has 0 aliphatic heterocycles. The molecule has 6 heteroatoms. The first-order chi connectivity index (χ1) is 10.1. The predicted molar refractivity (Wildman–Crippen MR) is 82.2 cm³/mol. The molecule has 1 saturated carbocycles. The van der Waals surface area contributed by atoms with Crippen LogP contribution in [0.1, 0.15) is 38.5 Å². The lowest BCUT2D eigenvalue weighted by molar-refractivity contribution is 0.321. The van der Waals surface area contributed by atoms with Crippen molar-refractivity contribution in [2.24, 2.45) is 5.92 Å². The van der Waals surface area contributed by atoms with Crippen molar-refractivity contribution in [2.45, 2.75) is 45.1 Å². The second kappa shape index (κ2) is 5.71. The Hall–Kier alpha value is -2.11. The van der Waals surface area contributed by atoms with Crippen LogP contribution in [0, 0.1) is 5.92 Å². The van der Waals surface area contributed by atoms with Crippen molar-refractivity contribution >= 4 is 16.7 Å². The molecule has 1 aliphatic rings. The fourth-order valence-electron chi connectivity index (χ4n) is 3.14. The highest BCUT2D eigenvalue weighted by Crippen LogP contribution is 2.26. The molecule has 0 aromatic carbocycles. The van der Waals surface area contributed by atoms with E-state index in [1.165, 1.54) is 42.9 Å². The average Bonchev–Trinajstić information content (AvgIpc) is 2.49. The number of fused-ring (bicyclic) bond motifs is 1. The summed E-state index contributed by atoms with van der Waals surface area (Å²) in [5.74, 6) is 0.625. The van der Waals surface area contributed by atoms with Crippen LogP contribution in [0.2, 0.25) is 0 Å². The zero-order valence-corrected chi connectivity index (χ0v) is 12.0. The summed E-state index contributed by atoms with van der Waals surface area (Å²) in [6.45, 7) is 0.462. The first-order valence-corrected chi connectivity index (χ1v) is 7.53. The standard InChI is InChI=1S/C15H20N4O2/c16-11-8-12-13(17-9-11)18-15(21)19(14(12)20)7-6-10-4-2-1-3-5-10/h8-10H,1-7,16H2,(H,17,18,21). The number of hydrogen-bond donors (Lipinski definition) is 2. The summed E-state index contributed by atoms with van der Waals surface area (Å²) in [6, 6.07) is 1.57. The Kier molecular flexibility index (Phi) is 3.77. The zero-order valence-electron chi connectivity index (χ0n) is 12.0. The van der Waals surface area contributed by atoms with Crippen LogP contribution in [0.15, 0.2) is 21.9 Å². The van der Waals surface area contributed by atoms with Crippen molar-refractivity contribution in [3.8, 4) is 0 Å². The second-order valence-electron chi connectivity index (χ2n) is 5.84. The van der Waals surface area contributed by atoms with Gasteiger partial charge in [0.25, 0.3) is 5.56 Å². The van der Waals surface area contributed by atoms with Gasteiger partial charge < -0.3 is 5.73 Å². The smallest absolute Gasteiger partial charge is 0.329 e. The van der Waals surface area contributed by atoms with Gasteiger partial charge in [-0.15, -0.1) is 0 Å². The molecule has 2 heterocycles. The fraction of sp³-hybridized carbons (Fsp3) is 0.533. The van der Waals surface area contributed by atoms with Crippen molar-refractivity contribution < 1.29 is 0 Å². The highest BCUT2D eigenvalue weighted by Gasteiger charge is 2.15. The van der Waals surface area contributed by atoms with Gasteiger partial charge in [-0.1, -0.05) is 32.1 Å². The van der Waals surface area contributed by atoms with E-state index in [1.54, 1.807) is 6.07 Å². The predicted octanol–water partition coefficient (Wildman–Crippen LogP) is 1.64. The Morgan fingerprint density at radius 1 is 1.29 bits per heavy atom. The largest absolute Gasteiger partial charge is 0.397 e. The van der Waals surface area contributed by atoms with Gasteiger partial charge in [0.15, 0.2) is 0 Å². The molecule has 112 valence electrons. The quantitative estimate of drug-likeness (QED) is 0.897. The molecule has 0 bridgehead atoms.